The Kier molecular flexibility index (Phi) is 4.70. The molecule has 0 aliphatic carbocycles. The van der Waals surface area contributed by atoms with E-state index in [1.54, 1.807) is 12.1 Å². The minimum Gasteiger partial charge on any atom is -0.381 e. The van der Waals surface area contributed by atoms with Crippen LogP contribution in [0.5, 0.6) is 0 Å². The number of hydrogen-bond acceptors (Lipinski definition) is 3. The molecule has 0 saturated carbocycles. The van der Waals surface area contributed by atoms with Gasteiger partial charge in [0.2, 0.25) is 0 Å². The third kappa shape index (κ3) is 3.16. The highest BCUT2D eigenvalue weighted by molar-refractivity contribution is 7.80. The van der Waals surface area contributed by atoms with Gasteiger partial charge in [0, 0.05) is 23.5 Å². The van der Waals surface area contributed by atoms with Crippen LogP contribution in [0.25, 0.3) is 0 Å². The molecule has 0 N–H and O–H groups in total. The van der Waals surface area contributed by atoms with Crippen molar-refractivity contribution in [3.8, 4) is 0 Å². The van der Waals surface area contributed by atoms with Crippen LogP contribution in [0.4, 0.5) is 0 Å². The van der Waals surface area contributed by atoms with E-state index in [1.165, 1.54) is 0 Å². The van der Waals surface area contributed by atoms with Crippen LogP contribution in [-0.4, -0.2) is 19.0 Å². The van der Waals surface area contributed by atoms with Gasteiger partial charge in [-0.1, -0.05) is 18.2 Å². The smallest absolute Gasteiger partial charge is 0.166 e. The van der Waals surface area contributed by atoms with E-state index in [9.17, 15) is 4.79 Å². The Morgan fingerprint density at radius 2 is 2.14 bits per heavy atom. The molecule has 1 aromatic rings. The fraction of sp³-hybridized carbons (Fsp3) is 0.273. The molecule has 14 heavy (non-hydrogen) atoms. The number of Topliss-reactive ketones (excluding diaryl/α,β-unsaturated/α-hetero) is 1. The van der Waals surface area contributed by atoms with E-state index in [-0.39, 0.29) is 5.78 Å². The van der Waals surface area contributed by atoms with Gasteiger partial charge in [0.1, 0.15) is 0 Å². The van der Waals surface area contributed by atoms with Gasteiger partial charge in [0.05, 0.1) is 6.61 Å². The maximum atomic E-state index is 11.6. The summed E-state index contributed by atoms with van der Waals surface area (Å²) < 4.78 is 5.01. The van der Waals surface area contributed by atoms with Gasteiger partial charge < -0.3 is 4.74 Å². The Labute approximate surface area is 89.7 Å². The molecule has 0 bridgehead atoms. The van der Waals surface area contributed by atoms with E-state index in [4.69, 9.17) is 4.74 Å². The molecular weight excluding hydrogens is 196 g/mol. The number of hydrogen-bond donors (Lipinski definition) is 1. The van der Waals surface area contributed by atoms with Crippen LogP contribution in [0.15, 0.2) is 29.2 Å². The Hall–Kier alpha value is -0.800. The Morgan fingerprint density at radius 3 is 2.79 bits per heavy atom. The number of benzene rings is 1. The summed E-state index contributed by atoms with van der Waals surface area (Å²) in [5.74, 6) is 0.0593. The average molecular weight is 209 g/mol. The maximum absolute atomic E-state index is 11.6. The molecule has 3 heteroatoms. The van der Waals surface area contributed by atoms with Crippen LogP contribution in [0, 0.1) is 6.92 Å². The van der Waals surface area contributed by atoms with Crippen molar-refractivity contribution >= 4 is 18.4 Å². The molecule has 0 unspecified atom stereocenters. The highest BCUT2D eigenvalue weighted by atomic mass is 32.1. The third-order valence-corrected chi connectivity index (χ3v) is 2.21. The maximum Gasteiger partial charge on any atom is 0.166 e. The van der Waals surface area contributed by atoms with Crippen LogP contribution in [0.2, 0.25) is 0 Å². The number of ketones is 1. The second-order valence-corrected chi connectivity index (χ2v) is 3.28. The molecular formula is C11H13O2S. The van der Waals surface area contributed by atoms with Crippen molar-refractivity contribution in [1.29, 1.82) is 0 Å². The van der Waals surface area contributed by atoms with Gasteiger partial charge in [-0.05, 0) is 13.0 Å². The van der Waals surface area contributed by atoms with Crippen LogP contribution in [0.3, 0.4) is 0 Å². The summed E-state index contributed by atoms with van der Waals surface area (Å²) in [6.45, 7) is 4.34. The molecule has 1 radical (unpaired) electrons. The summed E-state index contributed by atoms with van der Waals surface area (Å²) in [7, 11) is 0. The summed E-state index contributed by atoms with van der Waals surface area (Å²) in [5, 5.41) is 0. The zero-order valence-corrected chi connectivity index (χ0v) is 8.80. The van der Waals surface area contributed by atoms with Crippen molar-refractivity contribution in [1.82, 2.24) is 0 Å². The van der Waals surface area contributed by atoms with Crippen LogP contribution in [-0.2, 0) is 4.74 Å². The van der Waals surface area contributed by atoms with Crippen molar-refractivity contribution in [2.24, 2.45) is 0 Å². The molecule has 0 heterocycles. The monoisotopic (exact) mass is 209 g/mol. The van der Waals surface area contributed by atoms with Crippen molar-refractivity contribution < 1.29 is 9.53 Å². The first-order valence-corrected chi connectivity index (χ1v) is 4.88. The van der Waals surface area contributed by atoms with E-state index in [2.05, 4.69) is 19.6 Å². The predicted octanol–water partition coefficient (Wildman–Crippen LogP) is 2.40. The lowest BCUT2D eigenvalue weighted by Gasteiger charge is -2.03. The molecule has 1 aromatic carbocycles. The van der Waals surface area contributed by atoms with Gasteiger partial charge >= 0.3 is 0 Å². The van der Waals surface area contributed by atoms with Gasteiger partial charge in [0.25, 0.3) is 0 Å². The summed E-state index contributed by atoms with van der Waals surface area (Å²) in [6.07, 6.45) is 0.382. The normalized spacial score (nSPS) is 10.1. The fourth-order valence-electron chi connectivity index (χ4n) is 1.11. The molecule has 0 amide bonds. The van der Waals surface area contributed by atoms with Gasteiger partial charge in [-0.2, -0.15) is 0 Å². The minimum absolute atomic E-state index is 0.0593. The first-order valence-electron chi connectivity index (χ1n) is 4.44. The van der Waals surface area contributed by atoms with E-state index >= 15 is 0 Å². The highest BCUT2D eigenvalue weighted by Gasteiger charge is 2.07. The number of carbonyl (C=O) groups is 1. The van der Waals surface area contributed by atoms with Gasteiger partial charge in [0.15, 0.2) is 5.78 Å². The molecule has 0 spiro atoms. The molecule has 0 atom stereocenters. The fourth-order valence-corrected chi connectivity index (χ4v) is 1.40. The second-order valence-electron chi connectivity index (χ2n) is 2.80. The average Bonchev–Trinajstić information content (AvgIpc) is 2.18. The molecule has 1 rings (SSSR count). The Morgan fingerprint density at radius 1 is 1.43 bits per heavy atom. The third-order valence-electron chi connectivity index (χ3n) is 1.82. The van der Waals surface area contributed by atoms with E-state index in [0.717, 1.165) is 0 Å². The van der Waals surface area contributed by atoms with Gasteiger partial charge in [-0.3, -0.25) is 4.79 Å². The van der Waals surface area contributed by atoms with E-state index < -0.39 is 0 Å². The lowest BCUT2D eigenvalue weighted by Crippen LogP contribution is -2.05. The van der Waals surface area contributed by atoms with Crippen LogP contribution in [0.1, 0.15) is 16.8 Å². The number of rotatable bonds is 5. The lowest BCUT2D eigenvalue weighted by molar-refractivity contribution is 0.0906. The first kappa shape index (κ1) is 11.3. The second kappa shape index (κ2) is 5.83. The molecule has 0 fully saturated rings. The molecule has 0 aromatic heterocycles. The lowest BCUT2D eigenvalue weighted by atomic mass is 10.1. The van der Waals surface area contributed by atoms with E-state index in [1.807, 2.05) is 12.1 Å². The highest BCUT2D eigenvalue weighted by Crippen LogP contribution is 2.14. The van der Waals surface area contributed by atoms with Crippen LogP contribution >= 0.6 is 12.6 Å². The van der Waals surface area contributed by atoms with Crippen molar-refractivity contribution in [2.75, 3.05) is 13.2 Å². The first-order chi connectivity index (χ1) is 6.75. The van der Waals surface area contributed by atoms with Crippen molar-refractivity contribution in [3.05, 3.63) is 36.8 Å². The summed E-state index contributed by atoms with van der Waals surface area (Å²) >= 11 is 4.21. The SMILES string of the molecule is [CH2]COCCC(=O)c1ccccc1S. The van der Waals surface area contributed by atoms with Gasteiger partial charge in [-0.25, -0.2) is 0 Å². The largest absolute Gasteiger partial charge is 0.381 e. The van der Waals surface area contributed by atoms with Crippen molar-refractivity contribution in [2.45, 2.75) is 11.3 Å². The standard InChI is InChI=1S/C11H13O2S/c1-2-13-8-7-10(12)9-5-3-4-6-11(9)14/h3-6,14H,1-2,7-8H2. The molecule has 2 nitrogen and oxygen atoms in total. The molecule has 0 saturated heterocycles. The number of ether oxygens (including phenoxy) is 1. The zero-order chi connectivity index (χ0) is 10.4. The predicted molar refractivity (Wildman–Crippen MR) is 58.8 cm³/mol. The molecule has 0 aliphatic heterocycles. The number of thiol groups is 1. The Bertz CT molecular complexity index is 310. The summed E-state index contributed by atoms with van der Waals surface area (Å²) in [4.78, 5) is 12.3. The zero-order valence-electron chi connectivity index (χ0n) is 7.90. The summed E-state index contributed by atoms with van der Waals surface area (Å²) in [6, 6.07) is 7.26. The van der Waals surface area contributed by atoms with Crippen molar-refractivity contribution in [3.63, 3.8) is 0 Å². The van der Waals surface area contributed by atoms with Crippen LogP contribution < -0.4 is 0 Å². The van der Waals surface area contributed by atoms with E-state index in [0.29, 0.717) is 30.1 Å². The Balaban J connectivity index is 2.56. The molecule has 0 aliphatic rings. The number of carbonyl (C=O) groups excluding carboxylic acids is 1. The quantitative estimate of drug-likeness (QED) is 0.458. The summed E-state index contributed by atoms with van der Waals surface area (Å²) in [5.41, 5.74) is 0.656. The topological polar surface area (TPSA) is 26.3 Å². The van der Waals surface area contributed by atoms with Gasteiger partial charge in [-0.15, -0.1) is 12.6 Å². The minimum atomic E-state index is 0.0593. The molecule has 75 valence electrons.